The third-order valence-electron chi connectivity index (χ3n) is 7.47. The lowest BCUT2D eigenvalue weighted by Crippen LogP contribution is -2.42. The second-order valence-electron chi connectivity index (χ2n) is 10.0. The van der Waals surface area contributed by atoms with Crippen LogP contribution in [0.2, 0.25) is 0 Å². The first-order valence-corrected chi connectivity index (χ1v) is 13.7. The van der Waals surface area contributed by atoms with Crippen LogP contribution < -0.4 is 15.2 Å². The van der Waals surface area contributed by atoms with Gasteiger partial charge in [-0.25, -0.2) is 0 Å². The SMILES string of the molecule is COc1ccc(C(OCC2C[C@@H](O)CN2C(=O)CCCCCN)(c2ccccc2)c2ccc(OC)cc2)cc1. The first-order chi connectivity index (χ1) is 19.0. The Kier molecular flexibility index (Phi) is 9.98. The van der Waals surface area contributed by atoms with E-state index in [4.69, 9.17) is 19.9 Å². The number of rotatable bonds is 13. The molecule has 1 aliphatic rings. The molecule has 0 bridgehead atoms. The van der Waals surface area contributed by atoms with Crippen LogP contribution in [-0.4, -0.2) is 62.0 Å². The molecule has 3 aromatic rings. The number of β-amino-alcohol motifs (C(OH)–C–C–N with tert-alkyl or cyclic N) is 1. The van der Waals surface area contributed by atoms with Crippen LogP contribution in [-0.2, 0) is 15.1 Å². The number of unbranched alkanes of at least 4 members (excludes halogenated alkanes) is 2. The van der Waals surface area contributed by atoms with E-state index in [-0.39, 0.29) is 18.6 Å². The third-order valence-corrected chi connectivity index (χ3v) is 7.47. The van der Waals surface area contributed by atoms with Gasteiger partial charge in [0.2, 0.25) is 5.91 Å². The molecule has 2 atom stereocenters. The molecule has 7 heteroatoms. The molecule has 1 heterocycles. The van der Waals surface area contributed by atoms with Crippen LogP contribution in [0.15, 0.2) is 78.9 Å². The minimum absolute atomic E-state index is 0.0522. The van der Waals surface area contributed by atoms with Crippen molar-refractivity contribution in [3.8, 4) is 11.5 Å². The summed E-state index contributed by atoms with van der Waals surface area (Å²) < 4.78 is 17.8. The average Bonchev–Trinajstić information content (AvgIpc) is 3.37. The van der Waals surface area contributed by atoms with Crippen LogP contribution in [0.3, 0.4) is 0 Å². The fourth-order valence-electron chi connectivity index (χ4n) is 5.39. The van der Waals surface area contributed by atoms with Gasteiger partial charge in [-0.3, -0.25) is 4.79 Å². The number of amides is 1. The van der Waals surface area contributed by atoms with Crippen LogP contribution in [0.1, 0.15) is 48.8 Å². The highest BCUT2D eigenvalue weighted by Crippen LogP contribution is 2.42. The number of benzene rings is 3. The number of hydrogen-bond acceptors (Lipinski definition) is 6. The Morgan fingerprint density at radius 2 is 1.44 bits per heavy atom. The highest BCUT2D eigenvalue weighted by molar-refractivity contribution is 5.77. The van der Waals surface area contributed by atoms with Gasteiger partial charge in [0.25, 0.3) is 0 Å². The first-order valence-electron chi connectivity index (χ1n) is 13.7. The molecule has 0 spiro atoms. The van der Waals surface area contributed by atoms with Crippen molar-refractivity contribution in [2.45, 2.75) is 49.9 Å². The number of nitrogens with two attached hydrogens (primary N) is 1. The molecule has 1 aliphatic heterocycles. The summed E-state index contributed by atoms with van der Waals surface area (Å²) in [6, 6.07) is 25.6. The van der Waals surface area contributed by atoms with Gasteiger partial charge in [-0.1, -0.05) is 61.0 Å². The van der Waals surface area contributed by atoms with Gasteiger partial charge in [0.05, 0.1) is 33.0 Å². The van der Waals surface area contributed by atoms with E-state index >= 15 is 0 Å². The molecular weight excluding hydrogens is 492 g/mol. The molecule has 1 amide bonds. The standard InChI is InChI=1S/C32H40N2O5/c1-37-29-16-12-25(13-17-29)32(24-9-5-3-6-10-24,26-14-18-30(38-2)19-15-26)39-23-27-21-28(35)22-34(27)31(36)11-7-4-8-20-33/h3,5-6,9-10,12-19,27-28,35H,4,7-8,11,20-23,33H2,1-2H3/t27?,28-/m1/s1. The normalized spacial score (nSPS) is 17.3. The Balaban J connectivity index is 1.71. The molecule has 3 N–H and O–H groups in total. The second-order valence-corrected chi connectivity index (χ2v) is 10.0. The lowest BCUT2D eigenvalue weighted by atomic mass is 9.80. The Labute approximate surface area is 231 Å². The maximum Gasteiger partial charge on any atom is 0.222 e. The van der Waals surface area contributed by atoms with E-state index in [0.29, 0.717) is 25.9 Å². The minimum atomic E-state index is -0.969. The summed E-state index contributed by atoms with van der Waals surface area (Å²) in [6.45, 7) is 1.22. The smallest absolute Gasteiger partial charge is 0.222 e. The quantitative estimate of drug-likeness (QED) is 0.249. The average molecular weight is 533 g/mol. The Hall–Kier alpha value is -3.39. The van der Waals surface area contributed by atoms with Crippen molar-refractivity contribution in [1.29, 1.82) is 0 Å². The molecule has 3 aromatic carbocycles. The van der Waals surface area contributed by atoms with E-state index in [0.717, 1.165) is 47.5 Å². The van der Waals surface area contributed by atoms with Crippen molar-refractivity contribution in [2.24, 2.45) is 5.73 Å². The number of ether oxygens (including phenoxy) is 3. The maximum atomic E-state index is 13.1. The Bertz CT molecular complexity index is 1120. The van der Waals surface area contributed by atoms with Gasteiger partial charge >= 0.3 is 0 Å². The van der Waals surface area contributed by atoms with Crippen LogP contribution in [0.25, 0.3) is 0 Å². The fourth-order valence-corrected chi connectivity index (χ4v) is 5.39. The molecule has 1 fully saturated rings. The molecule has 0 aliphatic carbocycles. The largest absolute Gasteiger partial charge is 0.497 e. The molecule has 1 saturated heterocycles. The van der Waals surface area contributed by atoms with Crippen molar-refractivity contribution in [1.82, 2.24) is 4.90 Å². The van der Waals surface area contributed by atoms with Gasteiger partial charge < -0.3 is 30.0 Å². The topological polar surface area (TPSA) is 94.2 Å². The summed E-state index contributed by atoms with van der Waals surface area (Å²) in [5.74, 6) is 1.55. The molecule has 1 unspecified atom stereocenters. The highest BCUT2D eigenvalue weighted by atomic mass is 16.5. The van der Waals surface area contributed by atoms with Crippen LogP contribution in [0.4, 0.5) is 0 Å². The Morgan fingerprint density at radius 3 is 1.97 bits per heavy atom. The van der Waals surface area contributed by atoms with Gasteiger partial charge in [0.1, 0.15) is 17.1 Å². The lowest BCUT2D eigenvalue weighted by Gasteiger charge is -2.38. The first kappa shape index (κ1) is 28.6. The zero-order valence-corrected chi connectivity index (χ0v) is 22.9. The fraction of sp³-hybridized carbons (Fsp3) is 0.406. The van der Waals surface area contributed by atoms with Crippen LogP contribution in [0.5, 0.6) is 11.5 Å². The van der Waals surface area contributed by atoms with E-state index in [1.807, 2.05) is 66.7 Å². The summed E-state index contributed by atoms with van der Waals surface area (Å²) in [4.78, 5) is 14.9. The summed E-state index contributed by atoms with van der Waals surface area (Å²) in [5, 5.41) is 10.5. The van der Waals surface area contributed by atoms with E-state index in [1.54, 1.807) is 19.1 Å². The third kappa shape index (κ3) is 6.61. The molecule has 0 saturated carbocycles. The Morgan fingerprint density at radius 1 is 0.872 bits per heavy atom. The molecular formula is C32H40N2O5. The lowest BCUT2D eigenvalue weighted by molar-refractivity contribution is -0.134. The second kappa shape index (κ2) is 13.6. The van der Waals surface area contributed by atoms with Gasteiger partial charge in [-0.15, -0.1) is 0 Å². The van der Waals surface area contributed by atoms with Crippen molar-refractivity contribution in [3.05, 3.63) is 95.6 Å². The molecule has 0 aromatic heterocycles. The monoisotopic (exact) mass is 532 g/mol. The number of carbonyl (C=O) groups is 1. The maximum absolute atomic E-state index is 13.1. The van der Waals surface area contributed by atoms with Gasteiger partial charge in [0, 0.05) is 13.0 Å². The number of carbonyl (C=O) groups excluding carboxylic acids is 1. The summed E-state index contributed by atoms with van der Waals surface area (Å²) in [7, 11) is 3.29. The van der Waals surface area contributed by atoms with Crippen molar-refractivity contribution >= 4 is 5.91 Å². The predicted molar refractivity (Wildman–Crippen MR) is 152 cm³/mol. The van der Waals surface area contributed by atoms with Gasteiger partial charge in [-0.2, -0.15) is 0 Å². The highest BCUT2D eigenvalue weighted by Gasteiger charge is 2.41. The van der Waals surface area contributed by atoms with Crippen LogP contribution >= 0.6 is 0 Å². The van der Waals surface area contributed by atoms with Gasteiger partial charge in [0.15, 0.2) is 0 Å². The zero-order valence-electron chi connectivity index (χ0n) is 22.9. The van der Waals surface area contributed by atoms with Crippen LogP contribution in [0, 0.1) is 0 Å². The predicted octanol–water partition coefficient (Wildman–Crippen LogP) is 4.49. The van der Waals surface area contributed by atoms with Crippen molar-refractivity contribution in [3.63, 3.8) is 0 Å². The number of hydrogen-bond donors (Lipinski definition) is 2. The summed E-state index contributed by atoms with van der Waals surface area (Å²) >= 11 is 0. The van der Waals surface area contributed by atoms with Crippen molar-refractivity contribution < 1.29 is 24.1 Å². The molecule has 208 valence electrons. The van der Waals surface area contributed by atoms with Crippen molar-refractivity contribution in [2.75, 3.05) is 33.9 Å². The molecule has 4 rings (SSSR count). The number of likely N-dealkylation sites (tertiary alicyclic amines) is 1. The van der Waals surface area contributed by atoms with E-state index < -0.39 is 11.7 Å². The zero-order chi connectivity index (χ0) is 27.7. The van der Waals surface area contributed by atoms with E-state index in [9.17, 15) is 9.90 Å². The number of aliphatic hydroxyl groups is 1. The molecule has 7 nitrogen and oxygen atoms in total. The molecule has 39 heavy (non-hydrogen) atoms. The minimum Gasteiger partial charge on any atom is -0.497 e. The number of methoxy groups -OCH3 is 2. The number of aliphatic hydroxyl groups excluding tert-OH is 1. The summed E-state index contributed by atoms with van der Waals surface area (Å²) in [6.07, 6.45) is 2.98. The van der Waals surface area contributed by atoms with E-state index in [2.05, 4.69) is 12.1 Å². The van der Waals surface area contributed by atoms with Gasteiger partial charge in [-0.05, 0) is 66.8 Å². The van der Waals surface area contributed by atoms with E-state index in [1.165, 1.54) is 0 Å². The molecule has 0 radical (unpaired) electrons. The summed E-state index contributed by atoms with van der Waals surface area (Å²) in [5.41, 5.74) is 7.45. The number of nitrogens with zero attached hydrogens (tertiary/aromatic N) is 1.